The second-order valence-corrected chi connectivity index (χ2v) is 11.0. The van der Waals surface area contributed by atoms with Crippen LogP contribution in [0.5, 0.6) is 0 Å². The first-order valence-corrected chi connectivity index (χ1v) is 15.2. The van der Waals surface area contributed by atoms with E-state index in [-0.39, 0.29) is 28.2 Å². The molecule has 0 aliphatic heterocycles. The van der Waals surface area contributed by atoms with Gasteiger partial charge in [-0.3, -0.25) is 14.2 Å². The van der Waals surface area contributed by atoms with Crippen LogP contribution in [-0.4, -0.2) is 63.5 Å². The number of hydrogen-bond donors (Lipinski definition) is 3. The second-order valence-electron chi connectivity index (χ2n) is 11.0. The maximum absolute atomic E-state index is 15.0. The van der Waals surface area contributed by atoms with Crippen LogP contribution in [0.15, 0.2) is 53.3 Å². The number of pyridine rings is 1. The van der Waals surface area contributed by atoms with Gasteiger partial charge in [0.2, 0.25) is 5.95 Å². The highest BCUT2D eigenvalue weighted by atomic mass is 19.4. The molecule has 3 N–H and O–H groups in total. The first kappa shape index (κ1) is 35.9. The van der Waals surface area contributed by atoms with Gasteiger partial charge in [-0.25, -0.2) is 18.6 Å². The number of para-hydroxylation sites is 1. The van der Waals surface area contributed by atoms with Crippen molar-refractivity contribution >= 4 is 28.9 Å². The van der Waals surface area contributed by atoms with Gasteiger partial charge in [-0.2, -0.15) is 18.2 Å². The number of alkyl halides is 3. The van der Waals surface area contributed by atoms with Gasteiger partial charge in [0.1, 0.15) is 23.9 Å². The van der Waals surface area contributed by atoms with Crippen LogP contribution >= 0.6 is 0 Å². The number of nitrogens with zero attached hydrogens (tertiary/aromatic N) is 3. The molecule has 2 aromatic heterocycles. The van der Waals surface area contributed by atoms with Crippen molar-refractivity contribution in [3.05, 3.63) is 81.6 Å². The summed E-state index contributed by atoms with van der Waals surface area (Å²) in [5.41, 5.74) is -0.595. The van der Waals surface area contributed by atoms with Crippen molar-refractivity contribution in [3.8, 4) is 16.9 Å². The highest BCUT2D eigenvalue weighted by Crippen LogP contribution is 2.32. The minimum Gasteiger partial charge on any atom is -0.457 e. The molecule has 256 valence electrons. The molecule has 15 heteroatoms. The largest absolute Gasteiger partial charge is 0.490 e. The van der Waals surface area contributed by atoms with E-state index in [2.05, 4.69) is 32.3 Å². The average molecular weight is 676 g/mol. The monoisotopic (exact) mass is 675 g/mol. The van der Waals surface area contributed by atoms with Gasteiger partial charge in [0.25, 0.3) is 11.5 Å². The van der Waals surface area contributed by atoms with E-state index >= 15 is 8.78 Å². The molecule has 0 fully saturated rings. The summed E-state index contributed by atoms with van der Waals surface area (Å²) in [5, 5.41) is 15.4. The van der Waals surface area contributed by atoms with Crippen LogP contribution in [0.1, 0.15) is 54.9 Å². The molecular formula is C33H34F5N5O5. The maximum atomic E-state index is 15.0. The van der Waals surface area contributed by atoms with Crippen molar-refractivity contribution in [2.45, 2.75) is 58.2 Å². The Kier molecular flexibility index (Phi) is 11.8. The van der Waals surface area contributed by atoms with Gasteiger partial charge < -0.3 is 20.5 Å². The topological polar surface area (TPSA) is 135 Å². The van der Waals surface area contributed by atoms with E-state index in [4.69, 9.17) is 0 Å². The van der Waals surface area contributed by atoms with Crippen molar-refractivity contribution in [1.82, 2.24) is 19.9 Å². The number of carbonyl (C=O) groups excluding carboxylic acids is 2. The molecule has 2 aromatic carbocycles. The molecule has 10 nitrogen and oxygen atoms in total. The van der Waals surface area contributed by atoms with Gasteiger partial charge in [0.15, 0.2) is 5.65 Å². The lowest BCUT2D eigenvalue weighted by Gasteiger charge is -2.20. The number of aryl methyl sites for hydroxylation is 1. The standard InChI is InChI=1S/C33H34F5N5O5/c1-3-4-5-6-7-15-39-30(46)20-12-11-19(2)23(16-20)27-22-13-14-26(45)43(28-24(34)9-8-10-25(28)35)29(22)42-32(41-27)40-21(17-44)18-48-31(47)33(36,37)38/h8-14,16,21,44H,3-7,15,17-18H2,1-2H3,(H,39,46)(H,40,41,42). The van der Waals surface area contributed by atoms with Crippen molar-refractivity contribution in [1.29, 1.82) is 0 Å². The fraction of sp³-hybridized carbons (Fsp3) is 0.364. The molecule has 2 heterocycles. The quantitative estimate of drug-likeness (QED) is 0.0892. The molecule has 1 unspecified atom stereocenters. The molecule has 0 saturated carbocycles. The molecule has 1 amide bonds. The predicted molar refractivity (Wildman–Crippen MR) is 168 cm³/mol. The van der Waals surface area contributed by atoms with E-state index < -0.39 is 60.2 Å². The highest BCUT2D eigenvalue weighted by Gasteiger charge is 2.41. The third-order valence-corrected chi connectivity index (χ3v) is 7.43. The third-order valence-electron chi connectivity index (χ3n) is 7.43. The smallest absolute Gasteiger partial charge is 0.457 e. The molecule has 0 aliphatic rings. The Morgan fingerprint density at radius 3 is 2.38 bits per heavy atom. The Morgan fingerprint density at radius 1 is 1.00 bits per heavy atom. The molecule has 48 heavy (non-hydrogen) atoms. The van der Waals surface area contributed by atoms with Crippen molar-refractivity contribution in [3.63, 3.8) is 0 Å². The molecule has 0 spiro atoms. The van der Waals surface area contributed by atoms with Crippen LogP contribution in [0.2, 0.25) is 0 Å². The van der Waals surface area contributed by atoms with Gasteiger partial charge >= 0.3 is 12.1 Å². The molecule has 4 aromatic rings. The summed E-state index contributed by atoms with van der Waals surface area (Å²) in [6.07, 6.45) is -0.271. The van der Waals surface area contributed by atoms with Crippen LogP contribution in [0.25, 0.3) is 28.0 Å². The summed E-state index contributed by atoms with van der Waals surface area (Å²) in [6, 6.07) is 8.83. The van der Waals surface area contributed by atoms with Gasteiger partial charge in [-0.15, -0.1) is 0 Å². The van der Waals surface area contributed by atoms with Crippen LogP contribution < -0.4 is 16.2 Å². The molecule has 0 aliphatic carbocycles. The summed E-state index contributed by atoms with van der Waals surface area (Å²) in [5.74, 6) is -5.41. The molecule has 1 atom stereocenters. The van der Waals surface area contributed by atoms with E-state index in [0.29, 0.717) is 22.2 Å². The Bertz CT molecular complexity index is 1830. The number of rotatable bonds is 14. The van der Waals surface area contributed by atoms with E-state index in [1.54, 1.807) is 25.1 Å². The van der Waals surface area contributed by atoms with Crippen LogP contribution in [0, 0.1) is 18.6 Å². The Hall–Kier alpha value is -4.92. The fourth-order valence-electron chi connectivity index (χ4n) is 4.94. The highest BCUT2D eigenvalue weighted by molar-refractivity contribution is 5.98. The number of esters is 1. The zero-order valence-corrected chi connectivity index (χ0v) is 26.2. The zero-order valence-electron chi connectivity index (χ0n) is 26.2. The number of fused-ring (bicyclic) bond motifs is 1. The van der Waals surface area contributed by atoms with Crippen molar-refractivity contribution in [2.75, 3.05) is 25.1 Å². The number of anilines is 1. The summed E-state index contributed by atoms with van der Waals surface area (Å²) in [4.78, 5) is 46.2. The lowest BCUT2D eigenvalue weighted by atomic mass is 9.99. The number of ether oxygens (including phenoxy) is 1. The minimum atomic E-state index is -5.28. The SMILES string of the molecule is CCCCCCCNC(=O)c1ccc(C)c(-c2nc(NC(CO)COC(=O)C(F)(F)F)nc3c2ccc(=O)n3-c2c(F)cccc2F)c1. The Balaban J connectivity index is 1.83. The van der Waals surface area contributed by atoms with Crippen molar-refractivity contribution < 1.29 is 41.4 Å². The fourth-order valence-corrected chi connectivity index (χ4v) is 4.94. The number of benzene rings is 2. The van der Waals surface area contributed by atoms with E-state index in [0.717, 1.165) is 56.4 Å². The van der Waals surface area contributed by atoms with Crippen molar-refractivity contribution in [2.24, 2.45) is 0 Å². The zero-order chi connectivity index (χ0) is 35.0. The molecule has 0 radical (unpaired) electrons. The molecule has 4 rings (SSSR count). The molecule has 0 bridgehead atoms. The molecular weight excluding hydrogens is 641 g/mol. The van der Waals surface area contributed by atoms with Gasteiger partial charge in [-0.05, 0) is 49.2 Å². The van der Waals surface area contributed by atoms with E-state index in [9.17, 15) is 32.7 Å². The Morgan fingerprint density at radius 2 is 1.71 bits per heavy atom. The van der Waals surface area contributed by atoms with Gasteiger partial charge in [-0.1, -0.05) is 44.7 Å². The van der Waals surface area contributed by atoms with Gasteiger partial charge in [0.05, 0.1) is 18.3 Å². The lowest BCUT2D eigenvalue weighted by molar-refractivity contribution is -0.200. The first-order chi connectivity index (χ1) is 22.8. The summed E-state index contributed by atoms with van der Waals surface area (Å²) in [6.45, 7) is 2.47. The second kappa shape index (κ2) is 15.8. The summed E-state index contributed by atoms with van der Waals surface area (Å²) < 4.78 is 73.1. The number of carbonyl (C=O) groups is 2. The minimum absolute atomic E-state index is 0.0867. The van der Waals surface area contributed by atoms with Crippen LogP contribution in [-0.2, 0) is 9.53 Å². The normalized spacial score (nSPS) is 12.2. The first-order valence-electron chi connectivity index (χ1n) is 15.2. The third kappa shape index (κ3) is 8.51. The number of aromatic nitrogens is 3. The summed E-state index contributed by atoms with van der Waals surface area (Å²) in [7, 11) is 0. The number of hydrogen-bond acceptors (Lipinski definition) is 8. The number of halogens is 5. The van der Waals surface area contributed by atoms with E-state index in [1.807, 2.05) is 0 Å². The summed E-state index contributed by atoms with van der Waals surface area (Å²) >= 11 is 0. The number of aliphatic hydroxyl groups is 1. The number of nitrogens with one attached hydrogen (secondary N) is 2. The van der Waals surface area contributed by atoms with Gasteiger partial charge in [0, 0.05) is 29.1 Å². The van der Waals surface area contributed by atoms with Crippen LogP contribution in [0.3, 0.4) is 0 Å². The predicted octanol–water partition coefficient (Wildman–Crippen LogP) is 5.61. The number of amides is 1. The Labute approximate surface area is 272 Å². The number of unbranched alkanes of at least 4 members (excludes halogenated alkanes) is 4. The maximum Gasteiger partial charge on any atom is 0.490 e. The average Bonchev–Trinajstić information content (AvgIpc) is 3.04. The van der Waals surface area contributed by atoms with E-state index in [1.165, 1.54) is 6.07 Å². The number of aliphatic hydroxyl groups excluding tert-OH is 1. The van der Waals surface area contributed by atoms with Crippen LogP contribution in [0.4, 0.5) is 27.9 Å². The molecule has 0 saturated heterocycles. The lowest BCUT2D eigenvalue weighted by Crippen LogP contribution is -2.35.